The molecule has 2 rings (SSSR count). The van der Waals surface area contributed by atoms with Gasteiger partial charge in [-0.1, -0.05) is 18.2 Å². The molecule has 0 aliphatic rings. The Bertz CT molecular complexity index is 606. The molecule has 0 bridgehead atoms. The van der Waals surface area contributed by atoms with Gasteiger partial charge in [0.2, 0.25) is 0 Å². The summed E-state index contributed by atoms with van der Waals surface area (Å²) in [6.07, 6.45) is 0.561. The van der Waals surface area contributed by atoms with Crippen molar-refractivity contribution in [2.45, 2.75) is 6.42 Å². The van der Waals surface area contributed by atoms with Gasteiger partial charge in [-0.2, -0.15) is 0 Å². The predicted octanol–water partition coefficient (Wildman–Crippen LogP) is 2.95. The van der Waals surface area contributed by atoms with E-state index in [1.165, 1.54) is 6.07 Å². The molecule has 0 aromatic heterocycles. The van der Waals surface area contributed by atoms with Gasteiger partial charge in [0.15, 0.2) is 0 Å². The maximum absolute atomic E-state index is 13.4. The van der Waals surface area contributed by atoms with Crippen LogP contribution in [0, 0.1) is 11.6 Å². The highest BCUT2D eigenvalue weighted by Gasteiger charge is 2.16. The number of ether oxygens (including phenoxy) is 1. The molecule has 0 radical (unpaired) electrons. The van der Waals surface area contributed by atoms with Crippen LogP contribution in [0.3, 0.4) is 0 Å². The molecule has 1 N–H and O–H groups in total. The number of carbonyl (C=O) groups is 1. The molecule has 2 aromatic rings. The monoisotopic (exact) mass is 291 g/mol. The first-order chi connectivity index (χ1) is 10.1. The van der Waals surface area contributed by atoms with Crippen molar-refractivity contribution in [2.75, 3.05) is 13.7 Å². The van der Waals surface area contributed by atoms with Crippen molar-refractivity contribution >= 4 is 5.91 Å². The van der Waals surface area contributed by atoms with Crippen LogP contribution < -0.4 is 10.1 Å². The molecule has 0 unspecified atom stereocenters. The highest BCUT2D eigenvalue weighted by molar-refractivity contribution is 5.94. The Balaban J connectivity index is 1.92. The fraction of sp³-hybridized carbons (Fsp3) is 0.188. The summed E-state index contributed by atoms with van der Waals surface area (Å²) in [7, 11) is 1.58. The molecule has 0 heterocycles. The maximum atomic E-state index is 13.4. The summed E-state index contributed by atoms with van der Waals surface area (Å²) in [5, 5.41) is 2.51. The van der Waals surface area contributed by atoms with Gasteiger partial charge in [-0.25, -0.2) is 8.78 Å². The van der Waals surface area contributed by atoms with Crippen molar-refractivity contribution in [3.63, 3.8) is 0 Å². The van der Waals surface area contributed by atoms with Crippen LogP contribution in [0.2, 0.25) is 0 Å². The second-order valence-electron chi connectivity index (χ2n) is 4.45. The van der Waals surface area contributed by atoms with Crippen LogP contribution >= 0.6 is 0 Å². The number of nitrogens with one attached hydrogen (secondary N) is 1. The third-order valence-electron chi connectivity index (χ3n) is 3.05. The number of rotatable bonds is 5. The Hall–Kier alpha value is -2.43. The lowest BCUT2D eigenvalue weighted by molar-refractivity contribution is 0.0945. The summed E-state index contributed by atoms with van der Waals surface area (Å²) in [5.74, 6) is -1.73. The van der Waals surface area contributed by atoms with Crippen LogP contribution in [-0.2, 0) is 6.42 Å². The number of amides is 1. The van der Waals surface area contributed by atoms with Crippen LogP contribution in [0.4, 0.5) is 8.78 Å². The summed E-state index contributed by atoms with van der Waals surface area (Å²) in [5.41, 5.74) is 0.442. The summed E-state index contributed by atoms with van der Waals surface area (Å²) >= 11 is 0. The van der Waals surface area contributed by atoms with Gasteiger partial charge in [-0.15, -0.1) is 0 Å². The van der Waals surface area contributed by atoms with Crippen LogP contribution in [0.5, 0.6) is 5.75 Å². The number of hydrogen-bond donors (Lipinski definition) is 1. The normalized spacial score (nSPS) is 10.2. The van der Waals surface area contributed by atoms with Crippen molar-refractivity contribution in [1.82, 2.24) is 5.32 Å². The van der Waals surface area contributed by atoms with Crippen LogP contribution in [0.15, 0.2) is 42.5 Å². The van der Waals surface area contributed by atoms with Crippen molar-refractivity contribution < 1.29 is 18.3 Å². The van der Waals surface area contributed by atoms with E-state index in [9.17, 15) is 13.6 Å². The Kier molecular flexibility index (Phi) is 4.87. The number of halogens is 2. The number of hydrogen-bond acceptors (Lipinski definition) is 2. The fourth-order valence-corrected chi connectivity index (χ4v) is 1.92. The van der Waals surface area contributed by atoms with Gasteiger partial charge in [0.1, 0.15) is 22.9 Å². The Morgan fingerprint density at radius 3 is 2.29 bits per heavy atom. The van der Waals surface area contributed by atoms with Gasteiger partial charge >= 0.3 is 0 Å². The van der Waals surface area contributed by atoms with Crippen LogP contribution in [0.25, 0.3) is 0 Å². The highest BCUT2D eigenvalue weighted by atomic mass is 19.1. The molecule has 0 spiro atoms. The van der Waals surface area contributed by atoms with Crippen molar-refractivity contribution in [3.8, 4) is 5.75 Å². The summed E-state index contributed by atoms with van der Waals surface area (Å²) in [6.45, 7) is 0.291. The summed E-state index contributed by atoms with van der Waals surface area (Å²) in [4.78, 5) is 11.8. The average molecular weight is 291 g/mol. The van der Waals surface area contributed by atoms with E-state index in [-0.39, 0.29) is 0 Å². The maximum Gasteiger partial charge on any atom is 0.257 e. The smallest absolute Gasteiger partial charge is 0.257 e. The summed E-state index contributed by atoms with van der Waals surface area (Å²) < 4.78 is 31.9. The lowest BCUT2D eigenvalue weighted by Gasteiger charge is -2.07. The quantitative estimate of drug-likeness (QED) is 0.920. The van der Waals surface area contributed by atoms with Gasteiger partial charge in [-0.3, -0.25) is 4.79 Å². The van der Waals surface area contributed by atoms with Gasteiger partial charge in [0.05, 0.1) is 7.11 Å². The van der Waals surface area contributed by atoms with Crippen molar-refractivity contribution in [3.05, 3.63) is 65.2 Å². The summed E-state index contributed by atoms with van der Waals surface area (Å²) in [6, 6.07) is 10.7. The van der Waals surface area contributed by atoms with E-state index in [4.69, 9.17) is 4.74 Å². The first kappa shape index (κ1) is 15.0. The first-order valence-electron chi connectivity index (χ1n) is 6.47. The largest absolute Gasteiger partial charge is 0.497 e. The molecule has 0 saturated carbocycles. The minimum absolute atomic E-state index is 0.291. The molecule has 5 heteroatoms. The molecule has 0 atom stereocenters. The van der Waals surface area contributed by atoms with E-state index in [1.54, 1.807) is 7.11 Å². The average Bonchev–Trinajstić information content (AvgIpc) is 2.48. The molecule has 1 amide bonds. The van der Waals surface area contributed by atoms with E-state index in [1.807, 2.05) is 24.3 Å². The Labute approximate surface area is 121 Å². The number of methoxy groups -OCH3 is 1. The van der Waals surface area contributed by atoms with E-state index >= 15 is 0 Å². The Morgan fingerprint density at radius 1 is 1.10 bits per heavy atom. The molecule has 0 aliphatic heterocycles. The topological polar surface area (TPSA) is 38.3 Å². The minimum atomic E-state index is -0.864. The Morgan fingerprint density at radius 2 is 1.71 bits per heavy atom. The molecular weight excluding hydrogens is 276 g/mol. The van der Waals surface area contributed by atoms with Crippen molar-refractivity contribution in [1.29, 1.82) is 0 Å². The molecule has 0 aliphatic carbocycles. The predicted molar refractivity (Wildman–Crippen MR) is 75.4 cm³/mol. The first-order valence-corrected chi connectivity index (χ1v) is 6.47. The third kappa shape index (κ3) is 3.78. The van der Waals surface area contributed by atoms with Gasteiger partial charge < -0.3 is 10.1 Å². The van der Waals surface area contributed by atoms with Gasteiger partial charge in [0, 0.05) is 6.54 Å². The SMILES string of the molecule is COc1ccc(CCNC(=O)c2c(F)cccc2F)cc1. The molecule has 21 heavy (non-hydrogen) atoms. The van der Waals surface area contributed by atoms with Gasteiger partial charge in [0.25, 0.3) is 5.91 Å². The van der Waals surface area contributed by atoms with E-state index in [0.717, 1.165) is 23.4 Å². The van der Waals surface area contributed by atoms with E-state index < -0.39 is 23.1 Å². The van der Waals surface area contributed by atoms with Crippen LogP contribution in [0.1, 0.15) is 15.9 Å². The molecule has 2 aromatic carbocycles. The highest BCUT2D eigenvalue weighted by Crippen LogP contribution is 2.13. The molecule has 0 saturated heterocycles. The minimum Gasteiger partial charge on any atom is -0.497 e. The van der Waals surface area contributed by atoms with E-state index in [0.29, 0.717) is 13.0 Å². The second-order valence-corrected chi connectivity index (χ2v) is 4.45. The molecule has 110 valence electrons. The van der Waals surface area contributed by atoms with Gasteiger partial charge in [-0.05, 0) is 36.2 Å². The molecule has 0 fully saturated rings. The molecule has 3 nitrogen and oxygen atoms in total. The third-order valence-corrected chi connectivity index (χ3v) is 3.05. The van der Waals surface area contributed by atoms with E-state index in [2.05, 4.69) is 5.32 Å². The fourth-order valence-electron chi connectivity index (χ4n) is 1.92. The standard InChI is InChI=1S/C16H15F2NO2/c1-21-12-7-5-11(6-8-12)9-10-19-16(20)15-13(17)3-2-4-14(15)18/h2-8H,9-10H2,1H3,(H,19,20). The van der Waals surface area contributed by atoms with Crippen molar-refractivity contribution in [2.24, 2.45) is 0 Å². The zero-order valence-electron chi connectivity index (χ0n) is 11.5. The van der Waals surface area contributed by atoms with Crippen LogP contribution in [-0.4, -0.2) is 19.6 Å². The number of carbonyl (C=O) groups excluding carboxylic acids is 1. The number of benzene rings is 2. The lowest BCUT2D eigenvalue weighted by atomic mass is 10.1. The zero-order valence-corrected chi connectivity index (χ0v) is 11.5. The zero-order chi connectivity index (χ0) is 15.2. The lowest BCUT2D eigenvalue weighted by Crippen LogP contribution is -2.27. The molecular formula is C16H15F2NO2. The second kappa shape index (κ2) is 6.83.